The Bertz CT molecular complexity index is 941. The van der Waals surface area contributed by atoms with E-state index in [1.807, 2.05) is 0 Å². The van der Waals surface area contributed by atoms with Crippen molar-refractivity contribution in [3.05, 3.63) is 59.2 Å². The van der Waals surface area contributed by atoms with Crippen LogP contribution in [-0.4, -0.2) is 29.3 Å². The third kappa shape index (κ3) is 5.97. The van der Waals surface area contributed by atoms with E-state index < -0.39 is 35.5 Å². The minimum Gasteiger partial charge on any atom is -0.497 e. The fourth-order valence-corrected chi connectivity index (χ4v) is 4.67. The summed E-state index contributed by atoms with van der Waals surface area (Å²) < 4.78 is 46.3. The normalized spacial score (nSPS) is 12.1. The van der Waals surface area contributed by atoms with Gasteiger partial charge in [0.25, 0.3) is 0 Å². The number of carboxylic acids is 2. The average molecular weight is 471 g/mol. The summed E-state index contributed by atoms with van der Waals surface area (Å²) in [5.74, 6) is -2.63. The molecule has 0 saturated heterocycles. The Kier molecular flexibility index (Phi) is 8.23. The van der Waals surface area contributed by atoms with Crippen LogP contribution in [0.3, 0.4) is 0 Å². The minimum atomic E-state index is -4.68. The van der Waals surface area contributed by atoms with Crippen LogP contribution in [0, 0.1) is 11.3 Å². The molecule has 2 N–H and O–H groups in total. The molecule has 0 fully saturated rings. The van der Waals surface area contributed by atoms with Gasteiger partial charge in [0.05, 0.1) is 12.7 Å². The zero-order chi connectivity index (χ0) is 24.1. The van der Waals surface area contributed by atoms with Crippen LogP contribution in [0.2, 0.25) is 0 Å². The number of benzene rings is 2. The lowest BCUT2D eigenvalue weighted by Crippen LogP contribution is -2.42. The fourth-order valence-electron chi connectivity index (χ4n) is 3.51. The molecule has 2 aromatic carbocycles. The maximum absolute atomic E-state index is 13.8. The first-order valence-electron chi connectivity index (χ1n) is 9.82. The van der Waals surface area contributed by atoms with Gasteiger partial charge < -0.3 is 14.9 Å². The first kappa shape index (κ1) is 25.6. The Morgan fingerprint density at radius 3 is 2.09 bits per heavy atom. The Balaban J connectivity index is 2.51. The largest absolute Gasteiger partial charge is 0.497 e. The van der Waals surface area contributed by atoms with E-state index in [-0.39, 0.29) is 28.6 Å². The summed E-state index contributed by atoms with van der Waals surface area (Å²) in [7, 11) is 1.50. The van der Waals surface area contributed by atoms with Crippen molar-refractivity contribution in [3.63, 3.8) is 0 Å². The van der Waals surface area contributed by atoms with Gasteiger partial charge in [-0.15, -0.1) is 11.8 Å². The molecular weight excluding hydrogens is 445 g/mol. The lowest BCUT2D eigenvalue weighted by atomic mass is 9.75. The molecule has 2 rings (SSSR count). The van der Waals surface area contributed by atoms with Crippen molar-refractivity contribution < 1.29 is 37.7 Å². The van der Waals surface area contributed by atoms with Crippen LogP contribution in [0.15, 0.2) is 47.4 Å². The summed E-state index contributed by atoms with van der Waals surface area (Å²) in [5, 5.41) is 19.5. The topological polar surface area (TPSA) is 83.8 Å². The number of hydrogen-bond donors (Lipinski definition) is 2. The van der Waals surface area contributed by atoms with Gasteiger partial charge in [-0.2, -0.15) is 13.2 Å². The highest BCUT2D eigenvalue weighted by atomic mass is 32.2. The summed E-state index contributed by atoms with van der Waals surface area (Å²) in [6.07, 6.45) is -5.44. The van der Waals surface area contributed by atoms with Gasteiger partial charge in [0, 0.05) is 17.1 Å². The predicted molar refractivity (Wildman–Crippen MR) is 115 cm³/mol. The average Bonchev–Trinajstić information content (AvgIpc) is 2.71. The molecule has 9 heteroatoms. The lowest BCUT2D eigenvalue weighted by Gasteiger charge is -2.28. The maximum atomic E-state index is 13.8. The van der Waals surface area contributed by atoms with Crippen LogP contribution in [0.5, 0.6) is 5.75 Å². The number of halogens is 3. The Morgan fingerprint density at radius 2 is 1.62 bits per heavy atom. The number of rotatable bonds is 10. The van der Waals surface area contributed by atoms with Gasteiger partial charge in [-0.25, -0.2) is 0 Å². The molecule has 0 bridgehead atoms. The first-order chi connectivity index (χ1) is 14.9. The quantitative estimate of drug-likeness (QED) is 0.340. The molecule has 0 atom stereocenters. The highest BCUT2D eigenvalue weighted by Crippen LogP contribution is 2.42. The van der Waals surface area contributed by atoms with Crippen molar-refractivity contribution in [1.29, 1.82) is 0 Å². The molecule has 0 heterocycles. The van der Waals surface area contributed by atoms with E-state index in [0.717, 1.165) is 23.4 Å². The fraction of sp³-hybridized carbons (Fsp3) is 0.391. The smallest absolute Gasteiger partial charge is 0.417 e. The SMILES string of the molecule is COc1ccc(CSc2c(CC(CC(C)C)(C(=O)O)C(=O)O)cccc2C(F)(F)F)cc1. The van der Waals surface area contributed by atoms with Crippen molar-refractivity contribution in [3.8, 4) is 5.75 Å². The van der Waals surface area contributed by atoms with Crippen LogP contribution < -0.4 is 4.74 Å². The third-order valence-corrected chi connectivity index (χ3v) is 6.26. The molecule has 0 unspecified atom stereocenters. The molecule has 0 saturated carbocycles. The van der Waals surface area contributed by atoms with Crippen LogP contribution in [-0.2, 0) is 27.9 Å². The summed E-state index contributed by atoms with van der Waals surface area (Å²) in [6.45, 7) is 3.35. The summed E-state index contributed by atoms with van der Waals surface area (Å²) >= 11 is 0.903. The number of carbonyl (C=O) groups is 2. The number of methoxy groups -OCH3 is 1. The highest BCUT2D eigenvalue weighted by Gasteiger charge is 2.48. The number of aliphatic carboxylic acids is 2. The van der Waals surface area contributed by atoms with E-state index in [2.05, 4.69) is 0 Å². The van der Waals surface area contributed by atoms with Crippen molar-refractivity contribution >= 4 is 23.7 Å². The number of thioether (sulfide) groups is 1. The summed E-state index contributed by atoms with van der Waals surface area (Å²) in [5.41, 5.74) is -2.36. The molecule has 0 aliphatic rings. The lowest BCUT2D eigenvalue weighted by molar-refractivity contribution is -0.166. The second kappa shape index (κ2) is 10.3. The Morgan fingerprint density at radius 1 is 1.03 bits per heavy atom. The minimum absolute atomic E-state index is 0.0452. The second-order valence-corrected chi connectivity index (χ2v) is 8.88. The molecule has 0 spiro atoms. The van der Waals surface area contributed by atoms with Crippen LogP contribution in [0.25, 0.3) is 0 Å². The highest BCUT2D eigenvalue weighted by molar-refractivity contribution is 7.98. The van der Waals surface area contributed by atoms with E-state index in [0.29, 0.717) is 5.75 Å². The Labute approximate surface area is 188 Å². The molecule has 0 radical (unpaired) electrons. The van der Waals surface area contributed by atoms with Gasteiger partial charge in [-0.3, -0.25) is 9.59 Å². The standard InChI is InChI=1S/C23H25F3O5S/c1-14(2)11-22(20(27)28,21(29)30)12-16-5-4-6-18(23(24,25)26)19(16)32-13-15-7-9-17(31-3)10-8-15/h4-10,14H,11-13H2,1-3H3,(H,27,28)(H,29,30). The Hall–Kier alpha value is -2.68. The van der Waals surface area contributed by atoms with Gasteiger partial charge >= 0.3 is 18.1 Å². The van der Waals surface area contributed by atoms with E-state index in [1.165, 1.54) is 19.2 Å². The van der Waals surface area contributed by atoms with Crippen LogP contribution in [0.4, 0.5) is 13.2 Å². The van der Waals surface area contributed by atoms with E-state index in [1.54, 1.807) is 38.1 Å². The number of carboxylic acid groups (broad SMARTS) is 2. The van der Waals surface area contributed by atoms with Gasteiger partial charge in [0.15, 0.2) is 5.41 Å². The summed E-state index contributed by atoms with van der Waals surface area (Å²) in [4.78, 5) is 23.9. The van der Waals surface area contributed by atoms with E-state index in [4.69, 9.17) is 4.74 Å². The molecular formula is C23H25F3O5S. The number of hydrogen-bond acceptors (Lipinski definition) is 4. The van der Waals surface area contributed by atoms with Gasteiger partial charge in [0.2, 0.25) is 0 Å². The van der Waals surface area contributed by atoms with Crippen molar-refractivity contribution in [2.45, 2.75) is 43.5 Å². The van der Waals surface area contributed by atoms with Crippen LogP contribution in [0.1, 0.15) is 37.0 Å². The van der Waals surface area contributed by atoms with Gasteiger partial charge in [-0.05, 0) is 41.7 Å². The molecule has 0 amide bonds. The summed E-state index contributed by atoms with van der Waals surface area (Å²) in [6, 6.07) is 10.3. The third-order valence-electron chi connectivity index (χ3n) is 5.01. The van der Waals surface area contributed by atoms with Crippen molar-refractivity contribution in [1.82, 2.24) is 0 Å². The zero-order valence-corrected chi connectivity index (χ0v) is 18.7. The van der Waals surface area contributed by atoms with Crippen molar-refractivity contribution in [2.75, 3.05) is 7.11 Å². The molecule has 2 aromatic rings. The van der Waals surface area contributed by atoms with E-state index >= 15 is 0 Å². The first-order valence-corrected chi connectivity index (χ1v) is 10.8. The maximum Gasteiger partial charge on any atom is 0.417 e. The molecule has 5 nitrogen and oxygen atoms in total. The second-order valence-electron chi connectivity index (χ2n) is 7.90. The molecule has 0 aliphatic carbocycles. The van der Waals surface area contributed by atoms with Crippen molar-refractivity contribution in [2.24, 2.45) is 11.3 Å². The molecule has 0 aromatic heterocycles. The zero-order valence-electron chi connectivity index (χ0n) is 17.9. The van der Waals surface area contributed by atoms with Gasteiger partial charge in [-0.1, -0.05) is 38.1 Å². The monoisotopic (exact) mass is 470 g/mol. The molecule has 32 heavy (non-hydrogen) atoms. The van der Waals surface area contributed by atoms with E-state index in [9.17, 15) is 33.0 Å². The van der Waals surface area contributed by atoms with Crippen LogP contribution >= 0.6 is 11.8 Å². The number of alkyl halides is 3. The number of ether oxygens (including phenoxy) is 1. The molecule has 0 aliphatic heterocycles. The molecule has 174 valence electrons. The predicted octanol–water partition coefficient (Wildman–Crippen LogP) is 5.75. The van der Waals surface area contributed by atoms with Gasteiger partial charge in [0.1, 0.15) is 5.75 Å².